The zero-order chi connectivity index (χ0) is 14.8. The van der Waals surface area contributed by atoms with E-state index in [1.807, 2.05) is 0 Å². The molecule has 1 aromatic rings. The Morgan fingerprint density at radius 2 is 2.10 bits per heavy atom. The van der Waals surface area contributed by atoms with Gasteiger partial charge in [-0.2, -0.15) is 0 Å². The zero-order valence-corrected chi connectivity index (χ0v) is 13.8. The molecular weight excluding hydrogens is 310 g/mol. The Bertz CT molecular complexity index is 516. The number of methoxy groups -OCH3 is 1. The van der Waals surface area contributed by atoms with Crippen LogP contribution in [0, 0.1) is 0 Å². The molecular formula is C14H20ClN3O2S. The highest BCUT2D eigenvalue weighted by Gasteiger charge is 2.31. The molecule has 0 saturated carbocycles. The number of hydrogen-bond acceptors (Lipinski definition) is 6. The molecule has 2 aliphatic heterocycles. The Hall–Kier alpha value is -0.850. The molecule has 2 fully saturated rings. The van der Waals surface area contributed by atoms with Crippen molar-refractivity contribution >= 4 is 34.0 Å². The van der Waals surface area contributed by atoms with Gasteiger partial charge in [0.15, 0.2) is 15.2 Å². The summed E-state index contributed by atoms with van der Waals surface area (Å²) in [5, 5.41) is 1.09. The fourth-order valence-corrected chi connectivity index (χ4v) is 4.38. The number of carbonyl (C=O) groups is 1. The normalized spacial score (nSPS) is 23.5. The topological polar surface area (TPSA) is 45.7 Å². The SMILES string of the molecule is COC(=O)c1sc(N2CCC(N3CCCCC3)C2)nc1Cl. The smallest absolute Gasteiger partial charge is 0.351 e. The summed E-state index contributed by atoms with van der Waals surface area (Å²) in [4.78, 5) is 21.2. The van der Waals surface area contributed by atoms with E-state index in [9.17, 15) is 4.79 Å². The predicted molar refractivity (Wildman–Crippen MR) is 84.5 cm³/mol. The van der Waals surface area contributed by atoms with Crippen LogP contribution in [0.3, 0.4) is 0 Å². The lowest BCUT2D eigenvalue weighted by molar-refractivity contribution is 0.0606. The third-order valence-electron chi connectivity index (χ3n) is 4.29. The molecule has 3 heterocycles. The lowest BCUT2D eigenvalue weighted by atomic mass is 10.1. The first-order valence-electron chi connectivity index (χ1n) is 7.42. The lowest BCUT2D eigenvalue weighted by Gasteiger charge is -2.32. The van der Waals surface area contributed by atoms with E-state index in [-0.39, 0.29) is 5.15 Å². The number of esters is 1. The fraction of sp³-hybridized carbons (Fsp3) is 0.714. The second kappa shape index (κ2) is 6.50. The number of thiazole rings is 1. The van der Waals surface area contributed by atoms with Crippen LogP contribution in [0.4, 0.5) is 5.13 Å². The van der Waals surface area contributed by atoms with E-state index in [0.29, 0.717) is 10.9 Å². The van der Waals surface area contributed by atoms with E-state index in [2.05, 4.69) is 14.8 Å². The van der Waals surface area contributed by atoms with Crippen LogP contribution >= 0.6 is 22.9 Å². The van der Waals surface area contributed by atoms with Crippen molar-refractivity contribution in [2.75, 3.05) is 38.2 Å². The fourth-order valence-electron chi connectivity index (χ4n) is 3.14. The van der Waals surface area contributed by atoms with Gasteiger partial charge in [-0.1, -0.05) is 29.4 Å². The second-order valence-electron chi connectivity index (χ2n) is 5.59. The van der Waals surface area contributed by atoms with Crippen molar-refractivity contribution < 1.29 is 9.53 Å². The van der Waals surface area contributed by atoms with Gasteiger partial charge in [-0.3, -0.25) is 4.90 Å². The van der Waals surface area contributed by atoms with Crippen molar-refractivity contribution in [2.24, 2.45) is 0 Å². The molecule has 0 N–H and O–H groups in total. The third-order valence-corrected chi connectivity index (χ3v) is 5.77. The molecule has 1 unspecified atom stereocenters. The molecule has 1 atom stereocenters. The first kappa shape index (κ1) is 15.1. The molecule has 0 radical (unpaired) electrons. The number of aromatic nitrogens is 1. The number of piperidine rings is 1. The Balaban J connectivity index is 1.67. The highest BCUT2D eigenvalue weighted by Crippen LogP contribution is 2.33. The average molecular weight is 330 g/mol. The van der Waals surface area contributed by atoms with Gasteiger partial charge in [-0.25, -0.2) is 9.78 Å². The van der Waals surface area contributed by atoms with Gasteiger partial charge in [0.1, 0.15) is 0 Å². The van der Waals surface area contributed by atoms with Crippen LogP contribution in [0.5, 0.6) is 0 Å². The van der Waals surface area contributed by atoms with Gasteiger partial charge in [0.25, 0.3) is 0 Å². The van der Waals surface area contributed by atoms with Crippen LogP contribution in [-0.2, 0) is 4.74 Å². The highest BCUT2D eigenvalue weighted by molar-refractivity contribution is 7.18. The molecule has 2 saturated heterocycles. The molecule has 0 bridgehead atoms. The van der Waals surface area contributed by atoms with E-state index >= 15 is 0 Å². The van der Waals surface area contributed by atoms with Crippen molar-refractivity contribution in [2.45, 2.75) is 31.7 Å². The summed E-state index contributed by atoms with van der Waals surface area (Å²) in [5.74, 6) is -0.407. The average Bonchev–Trinajstić information content (AvgIpc) is 3.14. The molecule has 0 aliphatic carbocycles. The quantitative estimate of drug-likeness (QED) is 0.798. The largest absolute Gasteiger partial charge is 0.465 e. The van der Waals surface area contributed by atoms with E-state index in [4.69, 9.17) is 16.3 Å². The molecule has 1 aromatic heterocycles. The number of hydrogen-bond donors (Lipinski definition) is 0. The summed E-state index contributed by atoms with van der Waals surface area (Å²) in [6.07, 6.45) is 5.14. The minimum atomic E-state index is -0.407. The Labute approximate surface area is 133 Å². The minimum Gasteiger partial charge on any atom is -0.465 e. The first-order valence-corrected chi connectivity index (χ1v) is 8.62. The predicted octanol–water partition coefficient (Wildman–Crippen LogP) is 2.65. The molecule has 5 nitrogen and oxygen atoms in total. The van der Waals surface area contributed by atoms with Crippen molar-refractivity contribution in [1.29, 1.82) is 0 Å². The van der Waals surface area contributed by atoms with Crippen LogP contribution in [0.1, 0.15) is 35.4 Å². The van der Waals surface area contributed by atoms with Crippen LogP contribution in [0.25, 0.3) is 0 Å². The number of likely N-dealkylation sites (tertiary alicyclic amines) is 1. The number of ether oxygens (including phenoxy) is 1. The summed E-state index contributed by atoms with van der Waals surface area (Å²) in [5.41, 5.74) is 0. The molecule has 2 aliphatic rings. The Kier molecular flexibility index (Phi) is 4.66. The van der Waals surface area contributed by atoms with Crippen molar-refractivity contribution in [3.8, 4) is 0 Å². The van der Waals surface area contributed by atoms with E-state index < -0.39 is 5.97 Å². The molecule has 0 spiro atoms. The maximum atomic E-state index is 11.6. The van der Waals surface area contributed by atoms with E-state index in [1.165, 1.54) is 50.8 Å². The summed E-state index contributed by atoms with van der Waals surface area (Å²) in [6, 6.07) is 0.606. The molecule has 3 rings (SSSR count). The number of anilines is 1. The number of carbonyl (C=O) groups excluding carboxylic acids is 1. The van der Waals surface area contributed by atoms with E-state index in [0.717, 1.165) is 24.6 Å². The minimum absolute atomic E-state index is 0.253. The third kappa shape index (κ3) is 3.17. The van der Waals surface area contributed by atoms with Crippen LogP contribution < -0.4 is 4.90 Å². The van der Waals surface area contributed by atoms with Gasteiger partial charge >= 0.3 is 5.97 Å². The summed E-state index contributed by atoms with van der Waals surface area (Å²) in [6.45, 7) is 4.38. The molecule has 7 heteroatoms. The lowest BCUT2D eigenvalue weighted by Crippen LogP contribution is -2.40. The van der Waals surface area contributed by atoms with Crippen molar-refractivity contribution in [1.82, 2.24) is 9.88 Å². The maximum absolute atomic E-state index is 11.6. The Morgan fingerprint density at radius 1 is 1.33 bits per heavy atom. The first-order chi connectivity index (χ1) is 10.2. The molecule has 116 valence electrons. The maximum Gasteiger partial charge on any atom is 0.351 e. The van der Waals surface area contributed by atoms with Gasteiger partial charge in [-0.05, 0) is 32.4 Å². The van der Waals surface area contributed by atoms with Crippen LogP contribution in [0.2, 0.25) is 5.15 Å². The second-order valence-corrected chi connectivity index (χ2v) is 6.93. The molecule has 0 amide bonds. The zero-order valence-electron chi connectivity index (χ0n) is 12.2. The van der Waals surface area contributed by atoms with Gasteiger partial charge in [0.05, 0.1) is 7.11 Å². The van der Waals surface area contributed by atoms with Gasteiger partial charge in [0, 0.05) is 19.1 Å². The number of halogens is 1. The molecule has 21 heavy (non-hydrogen) atoms. The van der Waals surface area contributed by atoms with Gasteiger partial charge in [-0.15, -0.1) is 0 Å². The number of rotatable bonds is 3. The van der Waals surface area contributed by atoms with Crippen molar-refractivity contribution in [3.05, 3.63) is 10.0 Å². The van der Waals surface area contributed by atoms with Crippen LogP contribution in [0.15, 0.2) is 0 Å². The summed E-state index contributed by atoms with van der Waals surface area (Å²) < 4.78 is 4.73. The Morgan fingerprint density at radius 3 is 2.81 bits per heavy atom. The summed E-state index contributed by atoms with van der Waals surface area (Å²) in [7, 11) is 1.36. The van der Waals surface area contributed by atoms with Gasteiger partial charge < -0.3 is 9.64 Å². The molecule has 0 aromatic carbocycles. The van der Waals surface area contributed by atoms with E-state index in [1.54, 1.807) is 0 Å². The summed E-state index contributed by atoms with van der Waals surface area (Å²) >= 11 is 7.37. The number of nitrogens with zero attached hydrogens (tertiary/aromatic N) is 3. The van der Waals surface area contributed by atoms with Crippen molar-refractivity contribution in [3.63, 3.8) is 0 Å². The monoisotopic (exact) mass is 329 g/mol. The highest BCUT2D eigenvalue weighted by atomic mass is 35.5. The van der Waals surface area contributed by atoms with Crippen LogP contribution in [-0.4, -0.2) is 55.2 Å². The standard InChI is InChI=1S/C14H20ClN3O2S/c1-20-13(19)11-12(15)16-14(21-11)18-8-5-10(9-18)17-6-3-2-4-7-17/h10H,2-9H2,1H3. The van der Waals surface area contributed by atoms with Gasteiger partial charge in [0.2, 0.25) is 0 Å².